The topological polar surface area (TPSA) is 29.1 Å². The second-order valence-corrected chi connectivity index (χ2v) is 3.01. The van der Waals surface area contributed by atoms with Gasteiger partial charge >= 0.3 is 0 Å². The minimum atomic E-state index is -0.389. The molecule has 10 heavy (non-hydrogen) atoms. The Balaban J connectivity index is 3.71. The van der Waals surface area contributed by atoms with Gasteiger partial charge in [0.25, 0.3) is 0 Å². The minimum Gasteiger partial charge on any atom is -0.355 e. The molecule has 0 aliphatic heterocycles. The van der Waals surface area contributed by atoms with E-state index in [0.717, 1.165) is 0 Å². The number of hydrogen-bond acceptors (Lipinski definition) is 1. The molecule has 0 aromatic carbocycles. The Labute approximate surface area is 66.9 Å². The van der Waals surface area contributed by atoms with Crippen LogP contribution in [0.4, 0.5) is 0 Å². The van der Waals surface area contributed by atoms with Crippen molar-refractivity contribution in [2.45, 2.75) is 26.1 Å². The van der Waals surface area contributed by atoms with E-state index in [9.17, 15) is 4.79 Å². The second-order valence-electron chi connectivity index (χ2n) is 2.54. The molecule has 0 saturated heterocycles. The SMILES string of the molecule is CCNC(=O)C(Cl)C(C)C. The molecule has 1 atom stereocenters. The van der Waals surface area contributed by atoms with E-state index in [4.69, 9.17) is 11.6 Å². The molecule has 0 bridgehead atoms. The highest BCUT2D eigenvalue weighted by Crippen LogP contribution is 2.08. The first-order valence-corrected chi connectivity index (χ1v) is 3.95. The smallest absolute Gasteiger partial charge is 0.238 e. The van der Waals surface area contributed by atoms with E-state index in [1.807, 2.05) is 20.8 Å². The Morgan fingerprint density at radius 3 is 2.40 bits per heavy atom. The van der Waals surface area contributed by atoms with E-state index < -0.39 is 0 Å². The van der Waals surface area contributed by atoms with Crippen molar-refractivity contribution in [1.82, 2.24) is 5.32 Å². The summed E-state index contributed by atoms with van der Waals surface area (Å²) in [6.45, 7) is 6.37. The molecule has 0 aromatic heterocycles. The predicted octanol–water partition coefficient (Wildman–Crippen LogP) is 1.39. The minimum absolute atomic E-state index is 0.0702. The van der Waals surface area contributed by atoms with Crippen molar-refractivity contribution in [3.05, 3.63) is 0 Å². The lowest BCUT2D eigenvalue weighted by atomic mass is 10.1. The molecule has 3 heteroatoms. The van der Waals surface area contributed by atoms with Crippen LogP contribution in [-0.4, -0.2) is 17.8 Å². The first-order valence-electron chi connectivity index (χ1n) is 3.51. The lowest BCUT2D eigenvalue weighted by Crippen LogP contribution is -2.33. The van der Waals surface area contributed by atoms with Crippen LogP contribution in [0.5, 0.6) is 0 Å². The van der Waals surface area contributed by atoms with Crippen molar-refractivity contribution < 1.29 is 4.79 Å². The maximum absolute atomic E-state index is 10.9. The fourth-order valence-electron chi connectivity index (χ4n) is 0.574. The second kappa shape index (κ2) is 4.56. The molecule has 0 rings (SSSR count). The van der Waals surface area contributed by atoms with Gasteiger partial charge in [0, 0.05) is 6.54 Å². The summed E-state index contributed by atoms with van der Waals surface area (Å²) in [5.74, 6) is 0.132. The molecule has 0 spiro atoms. The standard InChI is InChI=1S/C7H14ClNO/c1-4-9-7(10)6(8)5(2)3/h5-6H,4H2,1-3H3,(H,9,10). The number of halogens is 1. The molecule has 0 aromatic rings. The molecule has 1 N–H and O–H groups in total. The molecular formula is C7H14ClNO. The number of rotatable bonds is 3. The number of amides is 1. The third-order valence-corrected chi connectivity index (χ3v) is 1.89. The van der Waals surface area contributed by atoms with Crippen molar-refractivity contribution >= 4 is 17.5 Å². The van der Waals surface area contributed by atoms with E-state index >= 15 is 0 Å². The van der Waals surface area contributed by atoms with Gasteiger partial charge in [-0.25, -0.2) is 0 Å². The molecule has 1 amide bonds. The van der Waals surface area contributed by atoms with Crippen molar-refractivity contribution in [2.24, 2.45) is 5.92 Å². The summed E-state index contributed by atoms with van der Waals surface area (Å²) in [6.07, 6.45) is 0. The van der Waals surface area contributed by atoms with Crippen molar-refractivity contribution in [1.29, 1.82) is 0 Å². The molecule has 0 aliphatic carbocycles. The van der Waals surface area contributed by atoms with E-state index in [1.54, 1.807) is 0 Å². The zero-order chi connectivity index (χ0) is 8.15. The van der Waals surface area contributed by atoms with Gasteiger partial charge in [-0.3, -0.25) is 4.79 Å². The first-order chi connectivity index (χ1) is 4.59. The Morgan fingerprint density at radius 2 is 2.10 bits per heavy atom. The number of hydrogen-bond donors (Lipinski definition) is 1. The van der Waals surface area contributed by atoms with Gasteiger partial charge in [0.05, 0.1) is 0 Å². The Kier molecular flexibility index (Phi) is 4.45. The van der Waals surface area contributed by atoms with Gasteiger partial charge in [0.1, 0.15) is 5.38 Å². The third-order valence-electron chi connectivity index (χ3n) is 1.19. The Bertz CT molecular complexity index is 114. The van der Waals surface area contributed by atoms with Gasteiger partial charge < -0.3 is 5.32 Å². The van der Waals surface area contributed by atoms with E-state index in [-0.39, 0.29) is 17.2 Å². The normalized spacial score (nSPS) is 13.3. The van der Waals surface area contributed by atoms with Gasteiger partial charge in [-0.05, 0) is 12.8 Å². The largest absolute Gasteiger partial charge is 0.355 e. The monoisotopic (exact) mass is 163 g/mol. The van der Waals surface area contributed by atoms with E-state index in [2.05, 4.69) is 5.32 Å². The number of carbonyl (C=O) groups is 1. The van der Waals surface area contributed by atoms with Gasteiger partial charge in [0.2, 0.25) is 5.91 Å². The van der Waals surface area contributed by atoms with Crippen LogP contribution in [0.1, 0.15) is 20.8 Å². The van der Waals surface area contributed by atoms with Crippen molar-refractivity contribution in [3.8, 4) is 0 Å². The first kappa shape index (κ1) is 9.76. The van der Waals surface area contributed by atoms with Crippen LogP contribution in [-0.2, 0) is 4.79 Å². The molecular weight excluding hydrogens is 150 g/mol. The summed E-state index contributed by atoms with van der Waals surface area (Å²) in [7, 11) is 0. The number of nitrogens with one attached hydrogen (secondary N) is 1. The number of alkyl halides is 1. The zero-order valence-corrected chi connectivity index (χ0v) is 7.40. The van der Waals surface area contributed by atoms with Crippen LogP contribution in [0, 0.1) is 5.92 Å². The zero-order valence-electron chi connectivity index (χ0n) is 6.65. The fourth-order valence-corrected chi connectivity index (χ4v) is 0.652. The van der Waals surface area contributed by atoms with Gasteiger partial charge in [-0.1, -0.05) is 13.8 Å². The lowest BCUT2D eigenvalue weighted by Gasteiger charge is -2.11. The average Bonchev–Trinajstić information content (AvgIpc) is 1.87. The van der Waals surface area contributed by atoms with Crippen molar-refractivity contribution in [3.63, 3.8) is 0 Å². The quantitative estimate of drug-likeness (QED) is 0.626. The van der Waals surface area contributed by atoms with Gasteiger partial charge in [-0.15, -0.1) is 11.6 Å². The van der Waals surface area contributed by atoms with E-state index in [0.29, 0.717) is 6.54 Å². The third kappa shape index (κ3) is 3.06. The Hall–Kier alpha value is -0.240. The predicted molar refractivity (Wildman–Crippen MR) is 43.2 cm³/mol. The number of carbonyl (C=O) groups excluding carboxylic acids is 1. The van der Waals surface area contributed by atoms with Crippen LogP contribution < -0.4 is 5.32 Å². The van der Waals surface area contributed by atoms with Crippen molar-refractivity contribution in [2.75, 3.05) is 6.54 Å². The van der Waals surface area contributed by atoms with Crippen LogP contribution in [0.3, 0.4) is 0 Å². The van der Waals surface area contributed by atoms with Gasteiger partial charge in [-0.2, -0.15) is 0 Å². The van der Waals surface area contributed by atoms with Gasteiger partial charge in [0.15, 0.2) is 0 Å². The molecule has 0 fully saturated rings. The van der Waals surface area contributed by atoms with Crippen LogP contribution in [0.15, 0.2) is 0 Å². The molecule has 0 aliphatic rings. The van der Waals surface area contributed by atoms with Crippen LogP contribution in [0.2, 0.25) is 0 Å². The lowest BCUT2D eigenvalue weighted by molar-refractivity contribution is -0.121. The summed E-state index contributed by atoms with van der Waals surface area (Å²) in [5, 5.41) is 2.27. The molecule has 2 nitrogen and oxygen atoms in total. The summed E-state index contributed by atoms with van der Waals surface area (Å²) >= 11 is 5.73. The highest BCUT2D eigenvalue weighted by molar-refractivity contribution is 6.30. The van der Waals surface area contributed by atoms with Crippen LogP contribution in [0.25, 0.3) is 0 Å². The Morgan fingerprint density at radius 1 is 1.60 bits per heavy atom. The summed E-state index contributed by atoms with van der Waals surface area (Å²) in [5.41, 5.74) is 0. The molecule has 0 heterocycles. The van der Waals surface area contributed by atoms with E-state index in [1.165, 1.54) is 0 Å². The maximum Gasteiger partial charge on any atom is 0.238 e. The summed E-state index contributed by atoms with van der Waals surface area (Å²) < 4.78 is 0. The fraction of sp³-hybridized carbons (Fsp3) is 0.857. The molecule has 60 valence electrons. The maximum atomic E-state index is 10.9. The summed E-state index contributed by atoms with van der Waals surface area (Å²) in [4.78, 5) is 10.9. The average molecular weight is 164 g/mol. The van der Waals surface area contributed by atoms with Crippen LogP contribution >= 0.6 is 11.6 Å². The molecule has 0 saturated carbocycles. The highest BCUT2D eigenvalue weighted by atomic mass is 35.5. The summed E-state index contributed by atoms with van der Waals surface area (Å²) in [6, 6.07) is 0. The highest BCUT2D eigenvalue weighted by Gasteiger charge is 2.17. The molecule has 0 radical (unpaired) electrons. The molecule has 1 unspecified atom stereocenters.